The number of aliphatic hydroxyl groups is 1. The van der Waals surface area contributed by atoms with Gasteiger partial charge in [0.1, 0.15) is 35.2 Å². The van der Waals surface area contributed by atoms with Crippen LogP contribution in [-0.4, -0.2) is 94.6 Å². The van der Waals surface area contributed by atoms with Gasteiger partial charge in [-0.05, 0) is 47.7 Å². The molecule has 14 nitrogen and oxygen atoms in total. The summed E-state index contributed by atoms with van der Waals surface area (Å²) in [6.45, 7) is -0.327. The number of fused-ring (bicyclic) bond motifs is 1. The smallest absolute Gasteiger partial charge is 0.407 e. The van der Waals surface area contributed by atoms with Crippen molar-refractivity contribution in [2.75, 3.05) is 33.1 Å². The first-order valence-corrected chi connectivity index (χ1v) is 15.4. The minimum atomic E-state index is -1.35. The summed E-state index contributed by atoms with van der Waals surface area (Å²) in [6, 6.07) is 10.7. The standard InChI is InChI=1S/C31H35N3O11S/c1-43-20-8-5-17(6-9-20)15-45-31(42)32-11-3-4-21(22-12-18(13-24(36)37)7-10-23(22)44-2)27(38)33-25-28(39)34-26(30(40)41)19(14-35)16-46-29(25)34/h5-10,12,21,25,29,35H,3-4,11,13-16H2,1-2H3,(H,32,42)(H,33,38)(H,36,37)(H,40,41)/t21?,25-,29-/m0/s1. The van der Waals surface area contributed by atoms with E-state index in [-0.39, 0.29) is 43.0 Å². The molecule has 0 radical (unpaired) electrons. The first kappa shape index (κ1) is 34.1. The van der Waals surface area contributed by atoms with E-state index >= 15 is 0 Å². The highest BCUT2D eigenvalue weighted by Gasteiger charge is 2.54. The summed E-state index contributed by atoms with van der Waals surface area (Å²) in [5.41, 5.74) is 1.52. The molecule has 246 valence electrons. The molecule has 2 aliphatic rings. The van der Waals surface area contributed by atoms with Crippen LogP contribution in [0.5, 0.6) is 11.5 Å². The van der Waals surface area contributed by atoms with Gasteiger partial charge in [0.15, 0.2) is 0 Å². The first-order chi connectivity index (χ1) is 22.1. The van der Waals surface area contributed by atoms with Gasteiger partial charge in [0.05, 0.1) is 33.2 Å². The monoisotopic (exact) mass is 657 g/mol. The summed E-state index contributed by atoms with van der Waals surface area (Å²) >= 11 is 1.23. The van der Waals surface area contributed by atoms with Crippen molar-refractivity contribution in [2.24, 2.45) is 0 Å². The van der Waals surface area contributed by atoms with Crippen LogP contribution in [0.2, 0.25) is 0 Å². The summed E-state index contributed by atoms with van der Waals surface area (Å²) in [5.74, 6) is -3.33. The van der Waals surface area contributed by atoms with Crippen molar-refractivity contribution in [1.82, 2.24) is 15.5 Å². The molecule has 2 aliphatic heterocycles. The van der Waals surface area contributed by atoms with Crippen molar-refractivity contribution in [3.8, 4) is 11.5 Å². The lowest BCUT2D eigenvalue weighted by atomic mass is 9.89. The van der Waals surface area contributed by atoms with E-state index in [2.05, 4.69) is 10.6 Å². The van der Waals surface area contributed by atoms with E-state index in [0.29, 0.717) is 29.0 Å². The van der Waals surface area contributed by atoms with Gasteiger partial charge in [-0.25, -0.2) is 9.59 Å². The van der Waals surface area contributed by atoms with Crippen LogP contribution in [-0.2, 0) is 36.9 Å². The minimum Gasteiger partial charge on any atom is -0.497 e. The van der Waals surface area contributed by atoms with Crippen LogP contribution < -0.4 is 20.1 Å². The number of ether oxygens (including phenoxy) is 3. The van der Waals surface area contributed by atoms with Crippen LogP contribution in [0.4, 0.5) is 4.79 Å². The van der Waals surface area contributed by atoms with Crippen molar-refractivity contribution in [3.05, 3.63) is 70.4 Å². The van der Waals surface area contributed by atoms with Gasteiger partial charge in [-0.1, -0.05) is 24.3 Å². The molecule has 4 rings (SSSR count). The number of aliphatic carboxylic acids is 2. The molecule has 3 atom stereocenters. The largest absolute Gasteiger partial charge is 0.497 e. The van der Waals surface area contributed by atoms with Gasteiger partial charge < -0.3 is 40.2 Å². The third kappa shape index (κ3) is 7.90. The van der Waals surface area contributed by atoms with Gasteiger partial charge in [0, 0.05) is 17.9 Å². The average Bonchev–Trinajstić information content (AvgIpc) is 3.05. The second-order valence-electron chi connectivity index (χ2n) is 10.5. The predicted molar refractivity (Wildman–Crippen MR) is 164 cm³/mol. The third-order valence-electron chi connectivity index (χ3n) is 7.55. The number of thioether (sulfide) groups is 1. The van der Waals surface area contributed by atoms with E-state index in [4.69, 9.17) is 14.2 Å². The van der Waals surface area contributed by atoms with Crippen molar-refractivity contribution in [2.45, 2.75) is 43.2 Å². The Bertz CT molecular complexity index is 1510. The lowest BCUT2D eigenvalue weighted by molar-refractivity contribution is -0.151. The maximum atomic E-state index is 13.8. The Labute approximate surface area is 268 Å². The zero-order chi connectivity index (χ0) is 33.4. The van der Waals surface area contributed by atoms with Crippen molar-refractivity contribution >= 4 is 41.6 Å². The van der Waals surface area contributed by atoms with Crippen molar-refractivity contribution in [1.29, 1.82) is 0 Å². The van der Waals surface area contributed by atoms with Crippen LogP contribution in [0.25, 0.3) is 0 Å². The quantitative estimate of drug-likeness (QED) is 0.138. The number of alkyl carbamates (subject to hydrolysis) is 1. The highest BCUT2D eigenvalue weighted by molar-refractivity contribution is 8.00. The van der Waals surface area contributed by atoms with E-state index in [1.807, 2.05) is 0 Å². The Kier molecular flexibility index (Phi) is 11.5. The molecule has 0 aromatic heterocycles. The number of carbonyl (C=O) groups is 5. The van der Waals surface area contributed by atoms with Gasteiger partial charge >= 0.3 is 18.0 Å². The molecule has 1 saturated heterocycles. The van der Waals surface area contributed by atoms with Crippen molar-refractivity contribution < 1.29 is 53.5 Å². The molecule has 2 aromatic rings. The van der Waals surface area contributed by atoms with E-state index in [1.165, 1.54) is 18.9 Å². The lowest BCUT2D eigenvalue weighted by Crippen LogP contribution is -2.71. The number of carboxylic acids is 2. The van der Waals surface area contributed by atoms with Crippen LogP contribution in [0.1, 0.15) is 35.4 Å². The number of hydrogen-bond donors (Lipinski definition) is 5. The minimum absolute atomic E-state index is 0.0403. The summed E-state index contributed by atoms with van der Waals surface area (Å²) < 4.78 is 15.9. The van der Waals surface area contributed by atoms with E-state index in [0.717, 1.165) is 10.5 Å². The second-order valence-corrected chi connectivity index (χ2v) is 11.6. The molecule has 1 fully saturated rings. The summed E-state index contributed by atoms with van der Waals surface area (Å²) in [5, 5.41) is 33.2. The second kappa shape index (κ2) is 15.5. The zero-order valence-electron chi connectivity index (χ0n) is 25.2. The van der Waals surface area contributed by atoms with Crippen LogP contribution >= 0.6 is 11.8 Å². The molecular weight excluding hydrogens is 622 g/mol. The van der Waals surface area contributed by atoms with Gasteiger partial charge in [-0.3, -0.25) is 19.3 Å². The van der Waals surface area contributed by atoms with Crippen LogP contribution in [0.15, 0.2) is 53.7 Å². The van der Waals surface area contributed by atoms with E-state index < -0.39 is 53.8 Å². The van der Waals surface area contributed by atoms with Gasteiger partial charge in [-0.15, -0.1) is 11.8 Å². The molecule has 2 aromatic carbocycles. The maximum Gasteiger partial charge on any atom is 0.407 e. The number of methoxy groups -OCH3 is 2. The molecule has 0 spiro atoms. The highest BCUT2D eigenvalue weighted by Crippen LogP contribution is 2.41. The number of nitrogens with zero attached hydrogens (tertiary/aromatic N) is 1. The SMILES string of the molecule is COc1ccc(COC(=O)NCCCC(C(=O)N[C@H]2C(=O)N3C(C(=O)O)=C(CO)CS[C@@H]23)c2cc(CC(=O)O)ccc2OC)cc1. The molecule has 15 heteroatoms. The normalized spacial score (nSPS) is 17.7. The third-order valence-corrected chi connectivity index (χ3v) is 8.89. The number of amides is 3. The number of carbonyl (C=O) groups excluding carboxylic acids is 3. The molecule has 2 heterocycles. The molecule has 0 aliphatic carbocycles. The number of carboxylic acid groups (broad SMARTS) is 2. The summed E-state index contributed by atoms with van der Waals surface area (Å²) in [7, 11) is 2.96. The summed E-state index contributed by atoms with van der Waals surface area (Å²) in [4.78, 5) is 63.4. The average molecular weight is 658 g/mol. The predicted octanol–water partition coefficient (Wildman–Crippen LogP) is 1.85. The van der Waals surface area contributed by atoms with Gasteiger partial charge in [0.2, 0.25) is 5.91 Å². The summed E-state index contributed by atoms with van der Waals surface area (Å²) in [6.07, 6.45) is -0.470. The fourth-order valence-corrected chi connectivity index (χ4v) is 6.58. The van der Waals surface area contributed by atoms with Gasteiger partial charge in [0.25, 0.3) is 5.91 Å². The van der Waals surface area contributed by atoms with Crippen LogP contribution in [0, 0.1) is 0 Å². The molecule has 0 saturated carbocycles. The number of rotatable bonds is 15. The number of β-lactam (4-membered cyclic amide) rings is 1. The zero-order valence-corrected chi connectivity index (χ0v) is 26.0. The molecule has 3 amide bonds. The number of nitrogens with one attached hydrogen (secondary N) is 2. The highest BCUT2D eigenvalue weighted by atomic mass is 32.2. The Morgan fingerprint density at radius 3 is 2.39 bits per heavy atom. The number of benzene rings is 2. The molecule has 1 unspecified atom stereocenters. The van der Waals surface area contributed by atoms with E-state index in [1.54, 1.807) is 49.6 Å². The fraction of sp³-hybridized carbons (Fsp3) is 0.387. The fourth-order valence-electron chi connectivity index (χ4n) is 5.25. The number of hydrogen-bond acceptors (Lipinski definition) is 10. The molecule has 5 N–H and O–H groups in total. The van der Waals surface area contributed by atoms with Crippen LogP contribution in [0.3, 0.4) is 0 Å². The Balaban J connectivity index is 1.45. The Hall–Kier alpha value is -4.76. The Morgan fingerprint density at radius 2 is 1.76 bits per heavy atom. The first-order valence-electron chi connectivity index (χ1n) is 14.3. The van der Waals surface area contributed by atoms with E-state index in [9.17, 15) is 39.3 Å². The topological polar surface area (TPSA) is 201 Å². The van der Waals surface area contributed by atoms with Crippen molar-refractivity contribution in [3.63, 3.8) is 0 Å². The number of aliphatic hydroxyl groups excluding tert-OH is 1. The molecule has 0 bridgehead atoms. The maximum absolute atomic E-state index is 13.8. The van der Waals surface area contributed by atoms with Gasteiger partial charge in [-0.2, -0.15) is 0 Å². The Morgan fingerprint density at radius 1 is 1.04 bits per heavy atom. The lowest BCUT2D eigenvalue weighted by Gasteiger charge is -2.49. The molecule has 46 heavy (non-hydrogen) atoms. The molecular formula is C31H35N3O11S.